The molecule has 0 unspecified atom stereocenters. The van der Waals surface area contributed by atoms with E-state index in [2.05, 4.69) is 10.3 Å². The van der Waals surface area contributed by atoms with Crippen LogP contribution in [0.2, 0.25) is 5.02 Å². The van der Waals surface area contributed by atoms with Gasteiger partial charge in [0.05, 0.1) is 0 Å². The van der Waals surface area contributed by atoms with E-state index >= 15 is 0 Å². The Morgan fingerprint density at radius 2 is 1.46 bits per heavy atom. The Morgan fingerprint density at radius 3 is 2.14 bits per heavy atom. The van der Waals surface area contributed by atoms with E-state index in [0.29, 0.717) is 28.8 Å². The number of halogens is 1. The van der Waals surface area contributed by atoms with Crippen LogP contribution in [0.3, 0.4) is 0 Å². The van der Waals surface area contributed by atoms with Crippen LogP contribution >= 0.6 is 11.6 Å². The fourth-order valence-electron chi connectivity index (χ4n) is 2.98. The Hall–Kier alpha value is -3.37. The fourth-order valence-corrected chi connectivity index (χ4v) is 3.18. The van der Waals surface area contributed by atoms with Gasteiger partial charge in [0.25, 0.3) is 5.91 Å². The third-order valence-electron chi connectivity index (χ3n) is 4.42. The van der Waals surface area contributed by atoms with Gasteiger partial charge >= 0.3 is 0 Å². The van der Waals surface area contributed by atoms with Gasteiger partial charge < -0.3 is 10.3 Å². The molecular formula is C23H18ClN3O. The van der Waals surface area contributed by atoms with E-state index in [0.717, 1.165) is 16.7 Å². The van der Waals surface area contributed by atoms with Crippen molar-refractivity contribution in [2.75, 3.05) is 0 Å². The zero-order valence-corrected chi connectivity index (χ0v) is 15.8. The van der Waals surface area contributed by atoms with E-state index < -0.39 is 0 Å². The first-order chi connectivity index (χ1) is 13.7. The number of carbonyl (C=O) groups excluding carboxylic acids is 1. The molecule has 0 aliphatic rings. The van der Waals surface area contributed by atoms with Crippen LogP contribution in [0, 0.1) is 0 Å². The summed E-state index contributed by atoms with van der Waals surface area (Å²) in [4.78, 5) is 20.8. The van der Waals surface area contributed by atoms with Crippen molar-refractivity contribution in [3.8, 4) is 22.6 Å². The Balaban J connectivity index is 1.67. The number of carbonyl (C=O) groups is 1. The normalized spacial score (nSPS) is 10.6. The topological polar surface area (TPSA) is 57.8 Å². The molecule has 0 aliphatic carbocycles. The van der Waals surface area contributed by atoms with E-state index in [1.165, 1.54) is 0 Å². The number of rotatable bonds is 5. The molecule has 28 heavy (non-hydrogen) atoms. The van der Waals surface area contributed by atoms with Crippen LogP contribution in [0.4, 0.5) is 0 Å². The number of nitrogens with zero attached hydrogens (tertiary/aromatic N) is 1. The maximum absolute atomic E-state index is 12.9. The van der Waals surface area contributed by atoms with Crippen LogP contribution in [-0.4, -0.2) is 15.9 Å². The van der Waals surface area contributed by atoms with Gasteiger partial charge in [-0.1, -0.05) is 90.5 Å². The molecular weight excluding hydrogens is 370 g/mol. The lowest BCUT2D eigenvalue weighted by Crippen LogP contribution is -2.24. The first-order valence-corrected chi connectivity index (χ1v) is 9.32. The van der Waals surface area contributed by atoms with Crippen molar-refractivity contribution in [1.29, 1.82) is 0 Å². The molecule has 138 valence electrons. The summed E-state index contributed by atoms with van der Waals surface area (Å²) in [5.41, 5.74) is 3.71. The van der Waals surface area contributed by atoms with Gasteiger partial charge in [-0.15, -0.1) is 0 Å². The monoisotopic (exact) mass is 387 g/mol. The molecule has 0 bridgehead atoms. The maximum atomic E-state index is 12.9. The number of hydrogen-bond donors (Lipinski definition) is 2. The average Bonchev–Trinajstić information content (AvgIpc) is 3.20. The summed E-state index contributed by atoms with van der Waals surface area (Å²) >= 11 is 6.19. The number of aromatic amines is 1. The van der Waals surface area contributed by atoms with Crippen molar-refractivity contribution in [2.45, 2.75) is 6.54 Å². The molecule has 1 amide bonds. The van der Waals surface area contributed by atoms with E-state index in [9.17, 15) is 4.79 Å². The molecule has 0 fully saturated rings. The smallest absolute Gasteiger partial charge is 0.270 e. The first kappa shape index (κ1) is 18.0. The Bertz CT molecular complexity index is 1090. The van der Waals surface area contributed by atoms with Gasteiger partial charge in [-0.2, -0.15) is 0 Å². The Labute approximate surface area is 168 Å². The minimum Gasteiger partial charge on any atom is -0.347 e. The van der Waals surface area contributed by atoms with Gasteiger partial charge in [-0.25, -0.2) is 4.98 Å². The van der Waals surface area contributed by atoms with Crippen molar-refractivity contribution in [1.82, 2.24) is 15.3 Å². The molecule has 3 aromatic carbocycles. The van der Waals surface area contributed by atoms with Crippen LogP contribution in [0.15, 0.2) is 84.9 Å². The van der Waals surface area contributed by atoms with Crippen molar-refractivity contribution >= 4 is 17.5 Å². The van der Waals surface area contributed by atoms with Gasteiger partial charge in [0.1, 0.15) is 17.2 Å². The zero-order valence-electron chi connectivity index (χ0n) is 15.0. The summed E-state index contributed by atoms with van der Waals surface area (Å²) in [6.07, 6.45) is 0. The highest BCUT2D eigenvalue weighted by molar-refractivity contribution is 6.31. The summed E-state index contributed by atoms with van der Waals surface area (Å²) in [5, 5.41) is 3.56. The summed E-state index contributed by atoms with van der Waals surface area (Å²) in [6.45, 7) is 0.340. The van der Waals surface area contributed by atoms with Crippen LogP contribution in [-0.2, 0) is 6.54 Å². The highest BCUT2D eigenvalue weighted by atomic mass is 35.5. The predicted molar refractivity (Wildman–Crippen MR) is 112 cm³/mol. The van der Waals surface area contributed by atoms with Crippen LogP contribution in [0.25, 0.3) is 22.6 Å². The molecule has 5 heteroatoms. The lowest BCUT2D eigenvalue weighted by atomic mass is 10.1. The molecule has 4 aromatic rings. The molecule has 4 rings (SSSR count). The van der Waals surface area contributed by atoms with Crippen molar-refractivity contribution in [2.24, 2.45) is 0 Å². The molecule has 0 saturated heterocycles. The summed E-state index contributed by atoms with van der Waals surface area (Å²) in [7, 11) is 0. The second-order valence-electron chi connectivity index (χ2n) is 6.32. The number of amides is 1. The number of nitrogens with one attached hydrogen (secondary N) is 2. The van der Waals surface area contributed by atoms with Gasteiger partial charge in [0.2, 0.25) is 0 Å². The lowest BCUT2D eigenvalue weighted by molar-refractivity contribution is 0.0947. The molecule has 0 saturated carbocycles. The molecule has 1 aromatic heterocycles. The van der Waals surface area contributed by atoms with Gasteiger partial charge in [0, 0.05) is 22.7 Å². The minimum atomic E-state index is -0.228. The highest BCUT2D eigenvalue weighted by Crippen LogP contribution is 2.26. The molecule has 0 aliphatic heterocycles. The first-order valence-electron chi connectivity index (χ1n) is 8.95. The van der Waals surface area contributed by atoms with Gasteiger partial charge in [-0.3, -0.25) is 4.79 Å². The summed E-state index contributed by atoms with van der Waals surface area (Å²) in [6, 6.07) is 26.9. The van der Waals surface area contributed by atoms with E-state index in [-0.39, 0.29) is 5.91 Å². The standard InChI is InChI=1S/C23H18ClN3O/c24-19-14-8-7-13-18(19)15-25-23(28)21-20(16-9-3-1-4-10-16)26-22(27-21)17-11-5-2-6-12-17/h1-14H,15H2,(H,25,28)(H,26,27). The maximum Gasteiger partial charge on any atom is 0.270 e. The highest BCUT2D eigenvalue weighted by Gasteiger charge is 2.19. The third-order valence-corrected chi connectivity index (χ3v) is 4.79. The Morgan fingerprint density at radius 1 is 0.857 bits per heavy atom. The third kappa shape index (κ3) is 3.82. The lowest BCUT2D eigenvalue weighted by Gasteiger charge is -2.07. The zero-order chi connectivity index (χ0) is 19.3. The second kappa shape index (κ2) is 8.11. The van der Waals surface area contributed by atoms with Crippen molar-refractivity contribution in [3.63, 3.8) is 0 Å². The van der Waals surface area contributed by atoms with Crippen LogP contribution in [0.5, 0.6) is 0 Å². The Kier molecular flexibility index (Phi) is 5.22. The van der Waals surface area contributed by atoms with Crippen LogP contribution < -0.4 is 5.32 Å². The molecule has 0 radical (unpaired) electrons. The van der Waals surface area contributed by atoms with Gasteiger partial charge in [-0.05, 0) is 11.6 Å². The number of imidazole rings is 1. The quantitative estimate of drug-likeness (QED) is 0.486. The number of aromatic nitrogens is 2. The van der Waals surface area contributed by atoms with Crippen LogP contribution in [0.1, 0.15) is 16.1 Å². The van der Waals surface area contributed by atoms with E-state index in [1.807, 2.05) is 84.9 Å². The van der Waals surface area contributed by atoms with E-state index in [1.54, 1.807) is 0 Å². The number of benzene rings is 3. The number of hydrogen-bond acceptors (Lipinski definition) is 2. The minimum absolute atomic E-state index is 0.228. The summed E-state index contributed by atoms with van der Waals surface area (Å²) in [5.74, 6) is 0.427. The van der Waals surface area contributed by atoms with Crippen molar-refractivity contribution in [3.05, 3.63) is 101 Å². The molecule has 0 atom stereocenters. The SMILES string of the molecule is O=C(NCc1ccccc1Cl)c1[nH]c(-c2ccccc2)nc1-c1ccccc1. The summed E-state index contributed by atoms with van der Waals surface area (Å²) < 4.78 is 0. The number of H-pyrrole nitrogens is 1. The average molecular weight is 388 g/mol. The fraction of sp³-hybridized carbons (Fsp3) is 0.0435. The second-order valence-corrected chi connectivity index (χ2v) is 6.72. The van der Waals surface area contributed by atoms with E-state index in [4.69, 9.17) is 16.6 Å². The largest absolute Gasteiger partial charge is 0.347 e. The predicted octanol–water partition coefficient (Wildman–Crippen LogP) is 5.33. The molecule has 1 heterocycles. The van der Waals surface area contributed by atoms with Crippen molar-refractivity contribution < 1.29 is 4.79 Å². The molecule has 4 nitrogen and oxygen atoms in total. The molecule has 0 spiro atoms. The van der Waals surface area contributed by atoms with Gasteiger partial charge in [0.15, 0.2) is 0 Å². The molecule has 2 N–H and O–H groups in total.